The van der Waals surface area contributed by atoms with Crippen molar-refractivity contribution in [2.24, 2.45) is 35.5 Å². The SMILES string of the molecule is CC1CCCC(C)C1C(C)(Cl)OC(=O)OC(C)(Cl)C1C(C)CCCC1C. The molecule has 0 aromatic rings. The Bertz CT molecular complexity index is 430. The number of hydrogen-bond acceptors (Lipinski definition) is 3. The molecule has 2 fully saturated rings. The molecule has 0 aromatic heterocycles. The Morgan fingerprint density at radius 3 is 1.27 bits per heavy atom. The first-order valence-corrected chi connectivity index (χ1v) is 11.0. The number of carbonyl (C=O) groups is 1. The zero-order valence-electron chi connectivity index (χ0n) is 17.2. The van der Waals surface area contributed by atoms with Crippen LogP contribution in [0.4, 0.5) is 4.79 Å². The molecule has 6 atom stereocenters. The van der Waals surface area contributed by atoms with Crippen LogP contribution in [0.2, 0.25) is 0 Å². The van der Waals surface area contributed by atoms with E-state index in [4.69, 9.17) is 32.7 Å². The maximum Gasteiger partial charge on any atom is 0.511 e. The van der Waals surface area contributed by atoms with Gasteiger partial charge in [-0.25, -0.2) is 4.79 Å². The molecule has 0 N–H and O–H groups in total. The van der Waals surface area contributed by atoms with Crippen molar-refractivity contribution in [2.45, 2.75) is 90.2 Å². The number of halogens is 2. The summed E-state index contributed by atoms with van der Waals surface area (Å²) in [4.78, 5) is 12.6. The van der Waals surface area contributed by atoms with Crippen molar-refractivity contribution in [3.05, 3.63) is 0 Å². The number of alkyl halides is 2. The summed E-state index contributed by atoms with van der Waals surface area (Å²) in [7, 11) is 0. The van der Waals surface area contributed by atoms with Crippen molar-refractivity contribution >= 4 is 29.4 Å². The Kier molecular flexibility index (Phi) is 7.21. The minimum Gasteiger partial charge on any atom is -0.412 e. The second-order valence-electron chi connectivity index (χ2n) is 9.25. The van der Waals surface area contributed by atoms with Gasteiger partial charge in [-0.3, -0.25) is 0 Å². The van der Waals surface area contributed by atoms with Gasteiger partial charge in [-0.1, -0.05) is 89.4 Å². The Morgan fingerprint density at radius 1 is 0.731 bits per heavy atom. The van der Waals surface area contributed by atoms with Gasteiger partial charge in [-0.15, -0.1) is 0 Å². The molecule has 0 radical (unpaired) electrons. The Hall–Kier alpha value is -0.150. The van der Waals surface area contributed by atoms with Gasteiger partial charge in [-0.05, 0) is 37.5 Å². The smallest absolute Gasteiger partial charge is 0.412 e. The second kappa shape index (κ2) is 8.47. The number of carbonyl (C=O) groups excluding carboxylic acids is 1. The fraction of sp³-hybridized carbons (Fsp3) is 0.952. The van der Waals surface area contributed by atoms with Gasteiger partial charge in [0.15, 0.2) is 10.1 Å². The summed E-state index contributed by atoms with van der Waals surface area (Å²) in [6, 6.07) is 0. The first kappa shape index (κ1) is 22.1. The van der Waals surface area contributed by atoms with Crippen molar-refractivity contribution in [1.82, 2.24) is 0 Å². The van der Waals surface area contributed by atoms with Crippen molar-refractivity contribution in [3.8, 4) is 0 Å². The summed E-state index contributed by atoms with van der Waals surface area (Å²) in [6.45, 7) is 12.3. The molecule has 0 aliphatic heterocycles. The zero-order chi connectivity index (χ0) is 19.7. The number of rotatable bonds is 4. The molecule has 6 unspecified atom stereocenters. The van der Waals surface area contributed by atoms with Crippen LogP contribution in [-0.2, 0) is 9.47 Å². The van der Waals surface area contributed by atoms with E-state index in [2.05, 4.69) is 27.7 Å². The van der Waals surface area contributed by atoms with Gasteiger partial charge in [0.2, 0.25) is 0 Å². The molecular weight excluding hydrogens is 371 g/mol. The third-order valence-corrected chi connectivity index (χ3v) is 7.50. The largest absolute Gasteiger partial charge is 0.511 e. The lowest BCUT2D eigenvalue weighted by atomic mass is 9.71. The van der Waals surface area contributed by atoms with Crippen molar-refractivity contribution < 1.29 is 14.3 Å². The molecule has 3 nitrogen and oxygen atoms in total. The van der Waals surface area contributed by atoms with Crippen LogP contribution in [0.15, 0.2) is 0 Å². The van der Waals surface area contributed by atoms with Crippen LogP contribution in [0.5, 0.6) is 0 Å². The molecule has 152 valence electrons. The van der Waals surface area contributed by atoms with Crippen molar-refractivity contribution in [3.63, 3.8) is 0 Å². The number of hydrogen-bond donors (Lipinski definition) is 0. The highest BCUT2D eigenvalue weighted by atomic mass is 35.5. The van der Waals surface area contributed by atoms with Crippen molar-refractivity contribution in [2.75, 3.05) is 0 Å². The molecule has 0 spiro atoms. The third kappa shape index (κ3) is 5.01. The highest BCUT2D eigenvalue weighted by Gasteiger charge is 2.48. The topological polar surface area (TPSA) is 35.5 Å². The summed E-state index contributed by atoms with van der Waals surface area (Å²) in [5.41, 5.74) is 0. The molecule has 0 amide bonds. The first-order valence-electron chi connectivity index (χ1n) is 10.3. The fourth-order valence-corrected chi connectivity index (χ4v) is 6.87. The van der Waals surface area contributed by atoms with Gasteiger partial charge in [0, 0.05) is 11.8 Å². The summed E-state index contributed by atoms with van der Waals surface area (Å²) in [6.07, 6.45) is 6.09. The van der Waals surface area contributed by atoms with E-state index in [0.717, 1.165) is 25.7 Å². The highest BCUT2D eigenvalue weighted by molar-refractivity contribution is 6.24. The van der Waals surface area contributed by atoms with E-state index in [0.29, 0.717) is 23.7 Å². The molecule has 26 heavy (non-hydrogen) atoms. The lowest BCUT2D eigenvalue weighted by Gasteiger charge is -2.44. The molecule has 0 saturated heterocycles. The summed E-state index contributed by atoms with van der Waals surface area (Å²) in [5, 5.41) is -2.15. The normalized spacial score (nSPS) is 40.2. The lowest BCUT2D eigenvalue weighted by molar-refractivity contribution is -0.0864. The molecule has 2 rings (SSSR count). The van der Waals surface area contributed by atoms with Gasteiger partial charge in [-0.2, -0.15) is 0 Å². The molecule has 2 saturated carbocycles. The molecule has 0 heterocycles. The maximum atomic E-state index is 12.6. The summed E-state index contributed by atoms with van der Waals surface area (Å²) in [5.74, 6) is 1.87. The minimum absolute atomic E-state index is 0.111. The van der Waals surface area contributed by atoms with Crippen LogP contribution in [0.25, 0.3) is 0 Å². The highest BCUT2D eigenvalue weighted by Crippen LogP contribution is 2.47. The van der Waals surface area contributed by atoms with Gasteiger partial charge in [0.1, 0.15) is 0 Å². The van der Waals surface area contributed by atoms with Crippen LogP contribution in [0.1, 0.15) is 80.1 Å². The first-order chi connectivity index (χ1) is 12.0. The van der Waals surface area contributed by atoms with Crippen LogP contribution >= 0.6 is 23.2 Å². The van der Waals surface area contributed by atoms with Gasteiger partial charge in [0.05, 0.1) is 0 Å². The van der Waals surface area contributed by atoms with Gasteiger partial charge in [0.25, 0.3) is 0 Å². The fourth-order valence-electron chi connectivity index (χ4n) is 5.88. The van der Waals surface area contributed by atoms with E-state index in [1.807, 2.05) is 0 Å². The molecular formula is C21H36Cl2O3. The summed E-state index contributed by atoms with van der Waals surface area (Å²) < 4.78 is 11.3. The summed E-state index contributed by atoms with van der Waals surface area (Å²) >= 11 is 13.4. The molecule has 0 aromatic carbocycles. The standard InChI is InChI=1S/C21H36Cl2O3/c1-13-9-7-10-14(2)17(13)20(5,22)25-19(24)26-21(6,23)18-15(3)11-8-12-16(18)4/h13-18H,7-12H2,1-6H3. The van der Waals surface area contributed by atoms with Crippen LogP contribution in [0.3, 0.4) is 0 Å². The van der Waals surface area contributed by atoms with Gasteiger partial charge >= 0.3 is 6.16 Å². The van der Waals surface area contributed by atoms with E-state index in [-0.39, 0.29) is 11.8 Å². The second-order valence-corrected chi connectivity index (χ2v) is 10.7. The average Bonchev–Trinajstić information content (AvgIpc) is 2.44. The van der Waals surface area contributed by atoms with E-state index < -0.39 is 16.3 Å². The van der Waals surface area contributed by atoms with E-state index >= 15 is 0 Å². The van der Waals surface area contributed by atoms with Crippen LogP contribution < -0.4 is 0 Å². The molecule has 2 aliphatic rings. The van der Waals surface area contributed by atoms with E-state index in [9.17, 15) is 4.79 Å². The van der Waals surface area contributed by atoms with Crippen molar-refractivity contribution in [1.29, 1.82) is 0 Å². The molecule has 5 heteroatoms. The molecule has 2 aliphatic carbocycles. The molecule has 0 bridgehead atoms. The van der Waals surface area contributed by atoms with Crippen LogP contribution in [0, 0.1) is 35.5 Å². The Labute approximate surface area is 169 Å². The lowest BCUT2D eigenvalue weighted by Crippen LogP contribution is -2.47. The Balaban J connectivity index is 2.04. The maximum absolute atomic E-state index is 12.6. The van der Waals surface area contributed by atoms with Gasteiger partial charge < -0.3 is 9.47 Å². The zero-order valence-corrected chi connectivity index (χ0v) is 18.7. The predicted octanol–water partition coefficient (Wildman–Crippen LogP) is 7.19. The van der Waals surface area contributed by atoms with E-state index in [1.165, 1.54) is 12.8 Å². The Morgan fingerprint density at radius 2 is 1.00 bits per heavy atom. The average molecular weight is 407 g/mol. The van der Waals surface area contributed by atoms with E-state index in [1.54, 1.807) is 13.8 Å². The minimum atomic E-state index is -1.08. The quantitative estimate of drug-likeness (QED) is 0.365. The monoisotopic (exact) mass is 406 g/mol. The predicted molar refractivity (Wildman–Crippen MR) is 107 cm³/mol. The number of ether oxygens (including phenoxy) is 2. The third-order valence-electron chi connectivity index (χ3n) is 6.85. The van der Waals surface area contributed by atoms with Crippen LogP contribution in [-0.4, -0.2) is 16.3 Å².